The van der Waals surface area contributed by atoms with Crippen molar-refractivity contribution in [1.29, 1.82) is 0 Å². The summed E-state index contributed by atoms with van der Waals surface area (Å²) in [5.74, 6) is 2.03. The minimum absolute atomic E-state index is 0.0257. The Bertz CT molecular complexity index is 942. The van der Waals surface area contributed by atoms with Crippen LogP contribution in [0.3, 0.4) is 0 Å². The number of anilines is 1. The Kier molecular flexibility index (Phi) is 4.69. The van der Waals surface area contributed by atoms with Crippen molar-refractivity contribution in [2.45, 2.75) is 19.9 Å². The Morgan fingerprint density at radius 2 is 2.00 bits per heavy atom. The highest BCUT2D eigenvalue weighted by Gasteiger charge is 2.18. The van der Waals surface area contributed by atoms with Crippen LogP contribution in [0.4, 0.5) is 5.69 Å². The largest absolute Gasteiger partial charge is 0.486 e. The zero-order valence-corrected chi connectivity index (χ0v) is 14.9. The number of hydrogen-bond acceptors (Lipinski definition) is 6. The normalized spacial score (nSPS) is 12.6. The van der Waals surface area contributed by atoms with Gasteiger partial charge in [-0.2, -0.15) is 0 Å². The summed E-state index contributed by atoms with van der Waals surface area (Å²) in [4.78, 5) is 14.4. The van der Waals surface area contributed by atoms with E-state index in [1.54, 1.807) is 4.90 Å². The molecule has 1 N–H and O–H groups in total. The van der Waals surface area contributed by atoms with Crippen LogP contribution >= 0.6 is 0 Å². The molecule has 0 saturated carbocycles. The lowest BCUT2D eigenvalue weighted by atomic mass is 10.1. The van der Waals surface area contributed by atoms with Crippen molar-refractivity contribution in [3.8, 4) is 22.9 Å². The van der Waals surface area contributed by atoms with E-state index < -0.39 is 0 Å². The topological polar surface area (TPSA) is 93.2 Å². The van der Waals surface area contributed by atoms with Gasteiger partial charge in [0.1, 0.15) is 13.2 Å². The number of carbonyl (C=O) groups excluding carboxylic acids is 1. The summed E-state index contributed by atoms with van der Waals surface area (Å²) in [7, 11) is 0. The molecule has 1 amide bonds. The van der Waals surface area contributed by atoms with Crippen molar-refractivity contribution < 1.29 is 14.3 Å². The van der Waals surface area contributed by atoms with Crippen LogP contribution in [0.5, 0.6) is 11.5 Å². The van der Waals surface area contributed by atoms with Gasteiger partial charge in [0.2, 0.25) is 5.91 Å². The van der Waals surface area contributed by atoms with E-state index in [0.717, 1.165) is 22.6 Å². The van der Waals surface area contributed by atoms with Crippen molar-refractivity contribution in [3.63, 3.8) is 0 Å². The molecule has 1 aliphatic heterocycles. The van der Waals surface area contributed by atoms with Crippen molar-refractivity contribution >= 4 is 11.6 Å². The highest BCUT2D eigenvalue weighted by atomic mass is 16.6. The summed E-state index contributed by atoms with van der Waals surface area (Å²) in [6.45, 7) is 3.36. The van der Waals surface area contributed by atoms with Crippen LogP contribution in [0.15, 0.2) is 42.5 Å². The van der Waals surface area contributed by atoms with Crippen LogP contribution in [-0.4, -0.2) is 39.7 Å². The molecule has 1 aliphatic rings. The highest BCUT2D eigenvalue weighted by Crippen LogP contribution is 2.32. The number of ether oxygens (including phenoxy) is 2. The third-order valence-electron chi connectivity index (χ3n) is 4.33. The van der Waals surface area contributed by atoms with Crippen LogP contribution in [0.25, 0.3) is 11.4 Å². The Morgan fingerprint density at radius 3 is 2.78 bits per heavy atom. The number of amides is 1. The Balaban J connectivity index is 1.64. The monoisotopic (exact) mass is 365 g/mol. The molecule has 3 aromatic rings. The molecule has 0 spiro atoms. The van der Waals surface area contributed by atoms with Crippen LogP contribution in [0.2, 0.25) is 0 Å². The average Bonchev–Trinajstić information content (AvgIpc) is 3.26. The lowest BCUT2D eigenvalue weighted by molar-refractivity contribution is -0.118. The predicted octanol–water partition coefficient (Wildman–Crippen LogP) is 2.58. The number of H-pyrrole nitrogens is 1. The molecular weight excluding hydrogens is 346 g/mol. The molecule has 2 heterocycles. The molecule has 0 radical (unpaired) electrons. The van der Waals surface area contributed by atoms with Crippen molar-refractivity contribution in [1.82, 2.24) is 20.6 Å². The second kappa shape index (κ2) is 7.45. The van der Waals surface area contributed by atoms with E-state index in [0.29, 0.717) is 37.8 Å². The van der Waals surface area contributed by atoms with Crippen LogP contribution < -0.4 is 14.4 Å². The number of hydrogen-bond donors (Lipinski definition) is 1. The van der Waals surface area contributed by atoms with E-state index in [2.05, 4.69) is 20.6 Å². The number of benzene rings is 2. The zero-order chi connectivity index (χ0) is 18.6. The van der Waals surface area contributed by atoms with Crippen LogP contribution in [-0.2, 0) is 11.3 Å². The van der Waals surface area contributed by atoms with Gasteiger partial charge in [0.25, 0.3) is 0 Å². The molecule has 27 heavy (non-hydrogen) atoms. The fourth-order valence-electron chi connectivity index (χ4n) is 2.99. The van der Waals surface area contributed by atoms with E-state index in [9.17, 15) is 4.79 Å². The number of nitrogens with one attached hydrogen (secondary N) is 1. The fourth-order valence-corrected chi connectivity index (χ4v) is 2.99. The van der Waals surface area contributed by atoms with Crippen molar-refractivity contribution in [2.24, 2.45) is 0 Å². The number of aromatic nitrogens is 4. The summed E-state index contributed by atoms with van der Waals surface area (Å²) >= 11 is 0. The first-order valence-electron chi connectivity index (χ1n) is 8.77. The molecule has 0 fully saturated rings. The van der Waals surface area contributed by atoms with Gasteiger partial charge in [0.05, 0.1) is 6.54 Å². The number of rotatable bonds is 5. The molecular formula is C19H19N5O3. The number of tetrazole rings is 1. The second-order valence-corrected chi connectivity index (χ2v) is 6.11. The molecule has 0 bridgehead atoms. The summed E-state index contributed by atoms with van der Waals surface area (Å²) in [5.41, 5.74) is 2.56. The molecule has 0 saturated heterocycles. The maximum Gasteiger partial charge on any atom is 0.227 e. The summed E-state index contributed by atoms with van der Waals surface area (Å²) in [6.07, 6.45) is 0.401. The quantitative estimate of drug-likeness (QED) is 0.747. The molecule has 0 atom stereocenters. The molecule has 8 nitrogen and oxygen atoms in total. The molecule has 0 unspecified atom stereocenters. The van der Waals surface area contributed by atoms with E-state index in [1.807, 2.05) is 49.4 Å². The fraction of sp³-hybridized carbons (Fsp3) is 0.263. The smallest absolute Gasteiger partial charge is 0.227 e. The molecule has 4 rings (SSSR count). The summed E-state index contributed by atoms with van der Waals surface area (Å²) in [6, 6.07) is 13.3. The van der Waals surface area contributed by atoms with Gasteiger partial charge in [-0.05, 0) is 40.3 Å². The van der Waals surface area contributed by atoms with Gasteiger partial charge in [-0.15, -0.1) is 5.10 Å². The van der Waals surface area contributed by atoms with Gasteiger partial charge in [-0.1, -0.05) is 25.1 Å². The van der Waals surface area contributed by atoms with E-state index in [1.165, 1.54) is 0 Å². The number of nitrogens with zero attached hydrogens (tertiary/aromatic N) is 4. The molecule has 1 aromatic heterocycles. The minimum Gasteiger partial charge on any atom is -0.486 e. The highest BCUT2D eigenvalue weighted by molar-refractivity contribution is 5.93. The van der Waals surface area contributed by atoms with E-state index >= 15 is 0 Å². The van der Waals surface area contributed by atoms with Gasteiger partial charge >= 0.3 is 0 Å². The van der Waals surface area contributed by atoms with Gasteiger partial charge in [0.15, 0.2) is 17.3 Å². The first kappa shape index (κ1) is 17.0. The van der Waals surface area contributed by atoms with Gasteiger partial charge in [-0.25, -0.2) is 5.10 Å². The Morgan fingerprint density at radius 1 is 1.15 bits per heavy atom. The molecule has 0 aliphatic carbocycles. The number of aromatic amines is 1. The van der Waals surface area contributed by atoms with Gasteiger partial charge in [-0.3, -0.25) is 4.79 Å². The molecule has 2 aromatic carbocycles. The molecule has 138 valence electrons. The molecule has 8 heteroatoms. The number of fused-ring (bicyclic) bond motifs is 1. The standard InChI is InChI=1S/C19H19N5O3/c1-2-18(25)24(12-13-6-7-16-17(10-13)27-9-8-26-16)15-5-3-4-14(11-15)19-20-22-23-21-19/h3-7,10-11H,2,8-9,12H2,1H3,(H,20,21,22,23). The first-order valence-corrected chi connectivity index (χ1v) is 8.77. The second-order valence-electron chi connectivity index (χ2n) is 6.11. The maximum atomic E-state index is 12.6. The predicted molar refractivity (Wildman–Crippen MR) is 98.5 cm³/mol. The lowest BCUT2D eigenvalue weighted by Gasteiger charge is -2.24. The van der Waals surface area contributed by atoms with Crippen molar-refractivity contribution in [3.05, 3.63) is 48.0 Å². The number of carbonyl (C=O) groups is 1. The van der Waals surface area contributed by atoms with Crippen molar-refractivity contribution in [2.75, 3.05) is 18.1 Å². The van der Waals surface area contributed by atoms with Gasteiger partial charge < -0.3 is 14.4 Å². The summed E-state index contributed by atoms with van der Waals surface area (Å²) in [5, 5.41) is 13.9. The Labute approximate surface area is 156 Å². The minimum atomic E-state index is 0.0257. The SMILES string of the molecule is CCC(=O)N(Cc1ccc2c(c1)OCCO2)c1cccc(-c2nnn[nH]2)c1. The third kappa shape index (κ3) is 3.59. The zero-order valence-electron chi connectivity index (χ0n) is 14.9. The maximum absolute atomic E-state index is 12.6. The van der Waals surface area contributed by atoms with E-state index in [4.69, 9.17) is 9.47 Å². The average molecular weight is 365 g/mol. The van der Waals surface area contributed by atoms with Crippen LogP contribution in [0.1, 0.15) is 18.9 Å². The van der Waals surface area contributed by atoms with E-state index in [-0.39, 0.29) is 5.91 Å². The lowest BCUT2D eigenvalue weighted by Crippen LogP contribution is -2.29. The Hall–Kier alpha value is -3.42. The first-order chi connectivity index (χ1) is 13.2. The summed E-state index contributed by atoms with van der Waals surface area (Å²) < 4.78 is 11.2. The third-order valence-corrected chi connectivity index (χ3v) is 4.33. The van der Waals surface area contributed by atoms with Gasteiger partial charge in [0, 0.05) is 17.7 Å². The van der Waals surface area contributed by atoms with Crippen LogP contribution in [0, 0.1) is 0 Å².